The van der Waals surface area contributed by atoms with Crippen molar-refractivity contribution in [2.24, 2.45) is 10.8 Å². The molecule has 9 heteroatoms. The second kappa shape index (κ2) is 9.46. The number of rotatable bonds is 5. The first-order chi connectivity index (χ1) is 16.0. The molecule has 33 heavy (non-hydrogen) atoms. The van der Waals surface area contributed by atoms with Crippen LogP contribution in [0.1, 0.15) is 39.6 Å². The monoisotopic (exact) mass is 456 g/mol. The number of nitrogens with one attached hydrogen (secondary N) is 1. The molecule has 1 amide bonds. The Hall–Kier alpha value is -4.29. The number of aromatic nitrogens is 1. The van der Waals surface area contributed by atoms with E-state index in [4.69, 9.17) is 28.0 Å². The maximum absolute atomic E-state index is 11.8. The summed E-state index contributed by atoms with van der Waals surface area (Å²) in [7, 11) is 1.55. The summed E-state index contributed by atoms with van der Waals surface area (Å²) in [5.74, 6) is 0.838. The Morgan fingerprint density at radius 1 is 1.18 bits per heavy atom. The highest BCUT2D eigenvalue weighted by Gasteiger charge is 2.30. The number of amides is 1. The minimum absolute atomic E-state index is 0.138. The van der Waals surface area contributed by atoms with Crippen LogP contribution in [0.4, 0.5) is 0 Å². The van der Waals surface area contributed by atoms with Gasteiger partial charge >= 0.3 is 0 Å². The zero-order valence-electron chi connectivity index (χ0n) is 17.7. The Balaban J connectivity index is 1.51. The van der Waals surface area contributed by atoms with E-state index in [1.807, 2.05) is 36.4 Å². The quantitative estimate of drug-likeness (QED) is 0.564. The van der Waals surface area contributed by atoms with Crippen LogP contribution in [0.3, 0.4) is 0 Å². The van der Waals surface area contributed by atoms with Gasteiger partial charge in [0.2, 0.25) is 0 Å². The van der Waals surface area contributed by atoms with Crippen molar-refractivity contribution in [1.82, 2.24) is 15.3 Å². The number of ether oxygens (including phenoxy) is 1. The van der Waals surface area contributed by atoms with E-state index in [-0.39, 0.29) is 22.8 Å². The molecule has 1 unspecified atom stereocenters. The maximum atomic E-state index is 11.8. The predicted octanol–water partition coefficient (Wildman–Crippen LogP) is 3.50. The minimum atomic E-state index is -0.283. The summed E-state index contributed by atoms with van der Waals surface area (Å²) in [6.45, 7) is 0. The van der Waals surface area contributed by atoms with Crippen molar-refractivity contribution in [1.29, 1.82) is 5.26 Å². The van der Waals surface area contributed by atoms with Crippen molar-refractivity contribution < 1.29 is 9.53 Å². The number of hydrogen-bond donors (Lipinski definition) is 2. The van der Waals surface area contributed by atoms with Gasteiger partial charge in [0.15, 0.2) is 5.11 Å². The third-order valence-electron chi connectivity index (χ3n) is 5.18. The molecule has 164 valence electrons. The summed E-state index contributed by atoms with van der Waals surface area (Å²) < 4.78 is 5.87. The lowest BCUT2D eigenvalue weighted by atomic mass is 9.98. The molecule has 0 saturated heterocycles. The minimum Gasteiger partial charge on any atom is -0.457 e. The first-order valence-corrected chi connectivity index (χ1v) is 10.5. The van der Waals surface area contributed by atoms with Crippen molar-refractivity contribution in [2.45, 2.75) is 12.5 Å². The van der Waals surface area contributed by atoms with Gasteiger partial charge in [0.1, 0.15) is 17.2 Å². The van der Waals surface area contributed by atoms with Gasteiger partial charge in [-0.05, 0) is 65.8 Å². The summed E-state index contributed by atoms with van der Waals surface area (Å²) in [6, 6.07) is 20.1. The van der Waals surface area contributed by atoms with Crippen molar-refractivity contribution in [2.75, 3.05) is 7.05 Å². The first kappa shape index (κ1) is 21.9. The molecule has 3 N–H and O–H groups in total. The highest BCUT2D eigenvalue weighted by molar-refractivity contribution is 7.80. The third-order valence-corrected chi connectivity index (χ3v) is 5.36. The average molecular weight is 457 g/mol. The second-order valence-corrected chi connectivity index (χ2v) is 7.68. The largest absolute Gasteiger partial charge is 0.457 e. The van der Waals surface area contributed by atoms with E-state index in [0.29, 0.717) is 23.5 Å². The summed E-state index contributed by atoms with van der Waals surface area (Å²) in [4.78, 5) is 15.8. The van der Waals surface area contributed by atoms with E-state index in [2.05, 4.69) is 21.5 Å². The second-order valence-electron chi connectivity index (χ2n) is 7.27. The molecule has 0 radical (unpaired) electrons. The number of hydrogen-bond acceptors (Lipinski definition) is 6. The van der Waals surface area contributed by atoms with E-state index in [0.717, 1.165) is 16.8 Å². The fourth-order valence-electron chi connectivity index (χ4n) is 3.51. The molecule has 0 aliphatic carbocycles. The summed E-state index contributed by atoms with van der Waals surface area (Å²) in [6.07, 6.45) is 2.14. The van der Waals surface area contributed by atoms with Crippen LogP contribution in [-0.4, -0.2) is 33.8 Å². The molecular formula is C24H20N6O2S. The molecule has 0 saturated carbocycles. The molecule has 1 aromatic heterocycles. The topological polar surface area (TPSA) is 117 Å². The Morgan fingerprint density at radius 2 is 1.91 bits per heavy atom. The Morgan fingerprint density at radius 3 is 2.55 bits per heavy atom. The highest BCUT2D eigenvalue weighted by Crippen LogP contribution is 2.33. The number of nitriles is 1. The number of nitrogens with zero attached hydrogens (tertiary/aromatic N) is 4. The number of benzene rings is 2. The number of thiocarbonyl (C=S) groups is 1. The third kappa shape index (κ3) is 4.81. The smallest absolute Gasteiger partial charge is 0.269 e. The van der Waals surface area contributed by atoms with Crippen LogP contribution < -0.4 is 15.8 Å². The van der Waals surface area contributed by atoms with Crippen LogP contribution >= 0.6 is 12.2 Å². The van der Waals surface area contributed by atoms with Gasteiger partial charge in [0.05, 0.1) is 23.4 Å². The average Bonchev–Trinajstić information content (AvgIpc) is 3.30. The Labute approximate surface area is 196 Å². The lowest BCUT2D eigenvalue weighted by Crippen LogP contribution is -2.31. The standard InChI is InChI=1S/C24H20N6O2S/c1-27-23(31)21-12-19(10-11-28-21)32-18-8-6-16(7-9-18)20-13-22(30(29-20)24(26)33)17-4-2-15(14-25)3-5-17/h2-12,22H,13H2,1H3,(H2,26,33)(H,27,31). The molecule has 4 rings (SSSR count). The van der Waals surface area contributed by atoms with Crippen LogP contribution in [0.15, 0.2) is 72.0 Å². The molecule has 0 fully saturated rings. The van der Waals surface area contributed by atoms with Gasteiger partial charge in [-0.1, -0.05) is 12.1 Å². The first-order valence-electron chi connectivity index (χ1n) is 10.1. The van der Waals surface area contributed by atoms with Gasteiger partial charge in [0, 0.05) is 25.7 Å². The normalized spacial score (nSPS) is 14.8. The number of carbonyl (C=O) groups excluding carboxylic acids is 1. The molecule has 3 aromatic rings. The molecule has 0 bridgehead atoms. The molecular weight excluding hydrogens is 436 g/mol. The van der Waals surface area contributed by atoms with E-state index >= 15 is 0 Å². The predicted molar refractivity (Wildman–Crippen MR) is 128 cm³/mol. The molecule has 8 nitrogen and oxygen atoms in total. The lowest BCUT2D eigenvalue weighted by molar-refractivity contribution is 0.0958. The van der Waals surface area contributed by atoms with Gasteiger partial charge in [0.25, 0.3) is 5.91 Å². The van der Waals surface area contributed by atoms with E-state index in [1.165, 1.54) is 6.20 Å². The van der Waals surface area contributed by atoms with E-state index in [1.54, 1.807) is 36.3 Å². The Bertz CT molecular complexity index is 1270. The van der Waals surface area contributed by atoms with Crippen molar-refractivity contribution >= 4 is 28.9 Å². The van der Waals surface area contributed by atoms with Crippen molar-refractivity contribution in [3.63, 3.8) is 0 Å². The number of pyridine rings is 1. The van der Waals surface area contributed by atoms with Crippen LogP contribution in [0, 0.1) is 11.3 Å². The maximum Gasteiger partial charge on any atom is 0.269 e. The summed E-state index contributed by atoms with van der Waals surface area (Å²) >= 11 is 5.21. The van der Waals surface area contributed by atoms with E-state index < -0.39 is 0 Å². The Kier molecular flexibility index (Phi) is 6.29. The fourth-order valence-corrected chi connectivity index (χ4v) is 3.67. The van der Waals surface area contributed by atoms with Gasteiger partial charge in [-0.2, -0.15) is 10.4 Å². The SMILES string of the molecule is CNC(=O)c1cc(Oc2ccc(C3=NN(C(N)=S)C(c4ccc(C#N)cc4)C3)cc2)ccn1. The molecule has 0 spiro atoms. The number of hydrazone groups is 1. The van der Waals surface area contributed by atoms with Crippen LogP contribution in [-0.2, 0) is 0 Å². The zero-order chi connectivity index (χ0) is 23.4. The highest BCUT2D eigenvalue weighted by atomic mass is 32.1. The fraction of sp³-hybridized carbons (Fsp3) is 0.125. The van der Waals surface area contributed by atoms with Gasteiger partial charge in [-0.15, -0.1) is 0 Å². The molecule has 2 aromatic carbocycles. The van der Waals surface area contributed by atoms with Gasteiger partial charge < -0.3 is 15.8 Å². The van der Waals surface area contributed by atoms with Gasteiger partial charge in [-0.3, -0.25) is 9.78 Å². The van der Waals surface area contributed by atoms with Gasteiger partial charge in [-0.25, -0.2) is 5.01 Å². The van der Waals surface area contributed by atoms with Crippen LogP contribution in [0.5, 0.6) is 11.5 Å². The molecule has 1 aliphatic heterocycles. The summed E-state index contributed by atoms with van der Waals surface area (Å²) in [5, 5.41) is 18.0. The zero-order valence-corrected chi connectivity index (χ0v) is 18.5. The number of nitrogens with two attached hydrogens (primary N) is 1. The van der Waals surface area contributed by atoms with Crippen LogP contribution in [0.25, 0.3) is 0 Å². The van der Waals surface area contributed by atoms with E-state index in [9.17, 15) is 4.79 Å². The lowest BCUT2D eigenvalue weighted by Gasteiger charge is -2.21. The van der Waals surface area contributed by atoms with Crippen LogP contribution in [0.2, 0.25) is 0 Å². The summed E-state index contributed by atoms with van der Waals surface area (Å²) in [5.41, 5.74) is 9.52. The molecule has 1 atom stereocenters. The van der Waals surface area contributed by atoms with Crippen molar-refractivity contribution in [3.05, 3.63) is 89.2 Å². The molecule has 1 aliphatic rings. The van der Waals surface area contributed by atoms with Crippen molar-refractivity contribution in [3.8, 4) is 17.6 Å². The molecule has 2 heterocycles. The number of carbonyl (C=O) groups is 1.